The topological polar surface area (TPSA) is 63.3 Å². The second kappa shape index (κ2) is 4.09. The number of nitrogens with zero attached hydrogens (tertiary/aromatic N) is 1. The van der Waals surface area contributed by atoms with Crippen LogP contribution in [0.3, 0.4) is 0 Å². The highest BCUT2D eigenvalue weighted by atomic mass is 79.9. The molecule has 0 radical (unpaired) electrons. The minimum absolute atomic E-state index is 0.157. The quantitative estimate of drug-likeness (QED) is 0.919. The van der Waals surface area contributed by atoms with Crippen LogP contribution in [-0.4, -0.2) is 16.2 Å². The average Bonchev–Trinajstić information content (AvgIpc) is 2.71. The summed E-state index contributed by atoms with van der Waals surface area (Å²) in [4.78, 5) is 10.6. The summed E-state index contributed by atoms with van der Waals surface area (Å²) >= 11 is 3.39. The lowest BCUT2D eigenvalue weighted by atomic mass is 10.1. The SMILES string of the molecule is Cc1cc(-c2cc(C(=O)O)on2)ccc1Br. The van der Waals surface area contributed by atoms with Crippen LogP contribution in [0.2, 0.25) is 0 Å². The Morgan fingerprint density at radius 2 is 2.19 bits per heavy atom. The molecule has 5 heteroatoms. The van der Waals surface area contributed by atoms with E-state index in [1.807, 2.05) is 25.1 Å². The lowest BCUT2D eigenvalue weighted by molar-refractivity contribution is 0.0652. The largest absolute Gasteiger partial charge is 0.475 e. The summed E-state index contributed by atoms with van der Waals surface area (Å²) < 4.78 is 5.69. The molecule has 0 aliphatic heterocycles. The van der Waals surface area contributed by atoms with E-state index >= 15 is 0 Å². The number of aromatic carboxylic acids is 1. The highest BCUT2D eigenvalue weighted by Gasteiger charge is 2.12. The van der Waals surface area contributed by atoms with Gasteiger partial charge < -0.3 is 9.63 Å². The second-order valence-corrected chi connectivity index (χ2v) is 4.20. The van der Waals surface area contributed by atoms with Crippen molar-refractivity contribution >= 4 is 21.9 Å². The molecule has 0 aliphatic carbocycles. The Balaban J connectivity index is 2.42. The Kier molecular flexibility index (Phi) is 2.78. The number of hydrogen-bond acceptors (Lipinski definition) is 3. The van der Waals surface area contributed by atoms with Gasteiger partial charge in [-0.1, -0.05) is 27.2 Å². The van der Waals surface area contributed by atoms with Crippen LogP contribution in [0.1, 0.15) is 16.1 Å². The zero-order valence-electron chi connectivity index (χ0n) is 8.40. The molecule has 1 N–H and O–H groups in total. The summed E-state index contributed by atoms with van der Waals surface area (Å²) in [7, 11) is 0. The van der Waals surface area contributed by atoms with E-state index in [-0.39, 0.29) is 5.76 Å². The molecule has 0 amide bonds. The Morgan fingerprint density at radius 1 is 1.44 bits per heavy atom. The number of rotatable bonds is 2. The van der Waals surface area contributed by atoms with Gasteiger partial charge in [-0.25, -0.2) is 4.79 Å². The maximum Gasteiger partial charge on any atom is 0.374 e. The molecule has 2 rings (SSSR count). The summed E-state index contributed by atoms with van der Waals surface area (Å²) in [5.41, 5.74) is 2.40. The van der Waals surface area contributed by atoms with Gasteiger partial charge in [0.2, 0.25) is 5.76 Å². The third kappa shape index (κ3) is 1.99. The fraction of sp³-hybridized carbons (Fsp3) is 0.0909. The van der Waals surface area contributed by atoms with Gasteiger partial charge in [0.05, 0.1) is 0 Å². The first kappa shape index (κ1) is 10.9. The van der Waals surface area contributed by atoms with E-state index in [1.54, 1.807) is 0 Å². The average molecular weight is 282 g/mol. The monoisotopic (exact) mass is 281 g/mol. The predicted octanol–water partition coefficient (Wildman–Crippen LogP) is 3.11. The fourth-order valence-electron chi connectivity index (χ4n) is 1.32. The molecule has 0 aliphatic rings. The van der Waals surface area contributed by atoms with Crippen molar-refractivity contribution in [2.75, 3.05) is 0 Å². The molecule has 0 bridgehead atoms. The number of carboxylic acid groups (broad SMARTS) is 1. The molecule has 82 valence electrons. The highest BCUT2D eigenvalue weighted by Crippen LogP contribution is 2.24. The van der Waals surface area contributed by atoms with Crippen molar-refractivity contribution in [3.63, 3.8) is 0 Å². The van der Waals surface area contributed by atoms with Gasteiger partial charge >= 0.3 is 5.97 Å². The summed E-state index contributed by atoms with van der Waals surface area (Å²) in [6, 6.07) is 7.05. The first-order valence-corrected chi connectivity index (χ1v) is 5.34. The van der Waals surface area contributed by atoms with E-state index in [0.29, 0.717) is 5.69 Å². The van der Waals surface area contributed by atoms with Crippen LogP contribution in [0.4, 0.5) is 0 Å². The fourth-order valence-corrected chi connectivity index (χ4v) is 1.56. The van der Waals surface area contributed by atoms with Gasteiger partial charge in [-0.15, -0.1) is 0 Å². The first-order chi connectivity index (χ1) is 7.58. The molecule has 0 spiro atoms. The number of carboxylic acids is 1. The molecule has 2 aromatic rings. The van der Waals surface area contributed by atoms with Crippen molar-refractivity contribution in [2.45, 2.75) is 6.92 Å². The van der Waals surface area contributed by atoms with Crippen LogP contribution in [0.15, 0.2) is 33.3 Å². The number of benzene rings is 1. The van der Waals surface area contributed by atoms with Gasteiger partial charge in [0.1, 0.15) is 5.69 Å². The Hall–Kier alpha value is -1.62. The van der Waals surface area contributed by atoms with Gasteiger partial charge in [-0.3, -0.25) is 0 Å². The molecule has 0 atom stereocenters. The van der Waals surface area contributed by atoms with Gasteiger partial charge in [0.15, 0.2) is 0 Å². The molecule has 16 heavy (non-hydrogen) atoms. The molecule has 0 unspecified atom stereocenters. The molecular formula is C11H8BrNO3. The number of hydrogen-bond donors (Lipinski definition) is 1. The second-order valence-electron chi connectivity index (χ2n) is 3.35. The van der Waals surface area contributed by atoms with Gasteiger partial charge in [0, 0.05) is 16.1 Å². The first-order valence-electron chi connectivity index (χ1n) is 4.54. The maximum absolute atomic E-state index is 10.6. The molecule has 0 saturated heterocycles. The molecule has 1 heterocycles. The Labute approximate surface area is 100 Å². The van der Waals surface area contributed by atoms with Crippen molar-refractivity contribution in [1.29, 1.82) is 0 Å². The molecule has 0 saturated carbocycles. The van der Waals surface area contributed by atoms with Crippen molar-refractivity contribution < 1.29 is 14.4 Å². The van der Waals surface area contributed by atoms with Crippen molar-refractivity contribution in [3.8, 4) is 11.3 Å². The number of halogens is 1. The maximum atomic E-state index is 10.6. The van der Waals surface area contributed by atoms with E-state index in [1.165, 1.54) is 6.07 Å². The van der Waals surface area contributed by atoms with E-state index < -0.39 is 5.97 Å². The van der Waals surface area contributed by atoms with Crippen molar-refractivity contribution in [1.82, 2.24) is 5.16 Å². The van der Waals surface area contributed by atoms with Gasteiger partial charge in [-0.05, 0) is 24.6 Å². The van der Waals surface area contributed by atoms with Crippen molar-refractivity contribution in [3.05, 3.63) is 40.1 Å². The Morgan fingerprint density at radius 3 is 2.75 bits per heavy atom. The zero-order valence-corrected chi connectivity index (χ0v) is 9.98. The van der Waals surface area contributed by atoms with Crippen LogP contribution in [0.25, 0.3) is 11.3 Å². The standard InChI is InChI=1S/C11H8BrNO3/c1-6-4-7(2-3-8(6)12)9-5-10(11(14)15)16-13-9/h2-5H,1H3,(H,14,15). The van der Waals surface area contributed by atoms with E-state index in [9.17, 15) is 4.79 Å². The number of aromatic nitrogens is 1. The van der Waals surface area contributed by atoms with Crippen LogP contribution in [0, 0.1) is 6.92 Å². The minimum Gasteiger partial charge on any atom is -0.475 e. The summed E-state index contributed by atoms with van der Waals surface area (Å²) in [5, 5.41) is 12.4. The molecule has 4 nitrogen and oxygen atoms in total. The highest BCUT2D eigenvalue weighted by molar-refractivity contribution is 9.10. The summed E-state index contributed by atoms with van der Waals surface area (Å²) in [6.07, 6.45) is 0. The third-order valence-electron chi connectivity index (χ3n) is 2.17. The number of carbonyl (C=O) groups is 1. The summed E-state index contributed by atoms with van der Waals surface area (Å²) in [6.45, 7) is 1.95. The van der Waals surface area contributed by atoms with Crippen LogP contribution < -0.4 is 0 Å². The number of aryl methyl sites for hydroxylation is 1. The van der Waals surface area contributed by atoms with Gasteiger partial charge in [-0.2, -0.15) is 0 Å². The lowest BCUT2D eigenvalue weighted by Crippen LogP contribution is -1.91. The van der Waals surface area contributed by atoms with Crippen molar-refractivity contribution in [2.24, 2.45) is 0 Å². The van der Waals surface area contributed by atoms with E-state index in [4.69, 9.17) is 5.11 Å². The molecule has 1 aromatic heterocycles. The smallest absolute Gasteiger partial charge is 0.374 e. The van der Waals surface area contributed by atoms with Gasteiger partial charge in [0.25, 0.3) is 0 Å². The molecule has 1 aromatic carbocycles. The normalized spacial score (nSPS) is 10.4. The molecule has 0 fully saturated rings. The lowest BCUT2D eigenvalue weighted by Gasteiger charge is -1.99. The Bertz CT molecular complexity index is 548. The van der Waals surface area contributed by atoms with Crippen LogP contribution >= 0.6 is 15.9 Å². The van der Waals surface area contributed by atoms with E-state index in [2.05, 4.69) is 25.6 Å². The minimum atomic E-state index is -1.12. The summed E-state index contributed by atoms with van der Waals surface area (Å²) in [5.74, 6) is -1.27. The van der Waals surface area contributed by atoms with Crippen LogP contribution in [-0.2, 0) is 0 Å². The van der Waals surface area contributed by atoms with Crippen LogP contribution in [0.5, 0.6) is 0 Å². The third-order valence-corrected chi connectivity index (χ3v) is 3.06. The molecular weight excluding hydrogens is 274 g/mol. The predicted molar refractivity (Wildman–Crippen MR) is 61.3 cm³/mol. The van der Waals surface area contributed by atoms with E-state index in [0.717, 1.165) is 15.6 Å². The zero-order chi connectivity index (χ0) is 11.7.